The number of hydrogen-bond donors (Lipinski definition) is 2. The first-order valence-corrected chi connectivity index (χ1v) is 8.80. The van der Waals surface area contributed by atoms with Crippen LogP contribution in [0.25, 0.3) is 11.3 Å². The van der Waals surface area contributed by atoms with Gasteiger partial charge < -0.3 is 19.8 Å². The van der Waals surface area contributed by atoms with E-state index in [1.807, 2.05) is 24.3 Å². The summed E-state index contributed by atoms with van der Waals surface area (Å²) in [4.78, 5) is 27.6. The van der Waals surface area contributed by atoms with Crippen LogP contribution in [0.15, 0.2) is 59.1 Å². The van der Waals surface area contributed by atoms with E-state index < -0.39 is 0 Å². The summed E-state index contributed by atoms with van der Waals surface area (Å²) < 4.78 is 10.9. The minimum atomic E-state index is -0.167. The van der Waals surface area contributed by atoms with Gasteiger partial charge >= 0.3 is 0 Å². The van der Waals surface area contributed by atoms with Gasteiger partial charge in [-0.15, -0.1) is 0 Å². The third kappa shape index (κ3) is 5.20. The topological polar surface area (TPSA) is 93.5 Å². The zero-order valence-electron chi connectivity index (χ0n) is 15.7. The van der Waals surface area contributed by atoms with Gasteiger partial charge in [-0.25, -0.2) is 4.98 Å². The summed E-state index contributed by atoms with van der Waals surface area (Å²) >= 11 is 0. The molecule has 0 aliphatic carbocycles. The van der Waals surface area contributed by atoms with E-state index in [1.165, 1.54) is 6.92 Å². The number of oxazole rings is 1. The summed E-state index contributed by atoms with van der Waals surface area (Å²) in [5, 5.41) is 5.48. The number of nitrogens with zero attached hydrogens (tertiary/aromatic N) is 1. The van der Waals surface area contributed by atoms with E-state index in [0.29, 0.717) is 29.4 Å². The third-order valence-corrected chi connectivity index (χ3v) is 3.94. The Bertz CT molecular complexity index is 981. The Morgan fingerprint density at radius 3 is 2.57 bits per heavy atom. The SMILES string of the molecule is COc1cccc(-c2cnc(CCC(=O)Nc3cccc(NC(C)=O)c3)o2)c1. The number of amides is 2. The normalized spacial score (nSPS) is 10.4. The van der Waals surface area contributed by atoms with Gasteiger partial charge in [-0.3, -0.25) is 9.59 Å². The van der Waals surface area contributed by atoms with Crippen molar-refractivity contribution in [2.24, 2.45) is 0 Å². The Kier molecular flexibility index (Phi) is 6.06. The van der Waals surface area contributed by atoms with Gasteiger partial charge in [0.15, 0.2) is 11.7 Å². The Morgan fingerprint density at radius 2 is 1.82 bits per heavy atom. The average Bonchev–Trinajstić information content (AvgIpc) is 3.15. The van der Waals surface area contributed by atoms with Crippen LogP contribution in [-0.4, -0.2) is 23.9 Å². The largest absolute Gasteiger partial charge is 0.497 e. The van der Waals surface area contributed by atoms with E-state index in [-0.39, 0.29) is 18.2 Å². The average molecular weight is 379 g/mol. The fourth-order valence-electron chi connectivity index (χ4n) is 2.66. The van der Waals surface area contributed by atoms with Crippen LogP contribution in [0, 0.1) is 0 Å². The van der Waals surface area contributed by atoms with Crippen molar-refractivity contribution in [3.8, 4) is 17.1 Å². The van der Waals surface area contributed by atoms with Gasteiger partial charge in [-0.1, -0.05) is 18.2 Å². The molecule has 2 N–H and O–H groups in total. The molecule has 2 aromatic carbocycles. The molecule has 0 atom stereocenters. The second-order valence-corrected chi connectivity index (χ2v) is 6.16. The van der Waals surface area contributed by atoms with Crippen molar-refractivity contribution in [3.05, 3.63) is 60.6 Å². The minimum absolute atomic E-state index is 0.166. The molecule has 144 valence electrons. The summed E-state index contributed by atoms with van der Waals surface area (Å²) in [6.45, 7) is 1.43. The predicted molar refractivity (Wildman–Crippen MR) is 106 cm³/mol. The van der Waals surface area contributed by atoms with E-state index in [0.717, 1.165) is 11.3 Å². The molecule has 1 aromatic heterocycles. The standard InChI is InChI=1S/C21H21N3O4/c1-14(25)23-16-6-4-7-17(12-16)24-20(26)9-10-21-22-13-19(28-21)15-5-3-8-18(11-15)27-2/h3-8,11-13H,9-10H2,1-2H3,(H,23,25)(H,24,26). The number of methoxy groups -OCH3 is 1. The Morgan fingerprint density at radius 1 is 1.07 bits per heavy atom. The quantitative estimate of drug-likeness (QED) is 0.650. The zero-order valence-corrected chi connectivity index (χ0v) is 15.7. The lowest BCUT2D eigenvalue weighted by atomic mass is 10.2. The summed E-state index contributed by atoms with van der Waals surface area (Å²) in [6, 6.07) is 14.5. The van der Waals surface area contributed by atoms with Gasteiger partial charge in [0.25, 0.3) is 0 Å². The molecule has 3 aromatic rings. The predicted octanol–water partition coefficient (Wildman–Crippen LogP) is 3.88. The fourth-order valence-corrected chi connectivity index (χ4v) is 2.66. The maximum Gasteiger partial charge on any atom is 0.224 e. The third-order valence-electron chi connectivity index (χ3n) is 3.94. The molecule has 2 amide bonds. The molecule has 0 aliphatic rings. The first-order valence-electron chi connectivity index (χ1n) is 8.80. The van der Waals surface area contributed by atoms with Gasteiger partial charge in [0.2, 0.25) is 11.8 Å². The van der Waals surface area contributed by atoms with E-state index in [9.17, 15) is 9.59 Å². The Hall–Kier alpha value is -3.61. The second-order valence-electron chi connectivity index (χ2n) is 6.16. The minimum Gasteiger partial charge on any atom is -0.497 e. The number of ether oxygens (including phenoxy) is 1. The molecule has 28 heavy (non-hydrogen) atoms. The van der Waals surface area contributed by atoms with Gasteiger partial charge in [0, 0.05) is 36.7 Å². The molecule has 0 fully saturated rings. The van der Waals surface area contributed by atoms with Crippen LogP contribution in [0.3, 0.4) is 0 Å². The Labute approximate surface area is 162 Å². The van der Waals surface area contributed by atoms with Crippen molar-refractivity contribution >= 4 is 23.2 Å². The molecule has 7 heteroatoms. The monoisotopic (exact) mass is 379 g/mol. The van der Waals surface area contributed by atoms with Gasteiger partial charge in [-0.05, 0) is 30.3 Å². The number of aryl methyl sites for hydroxylation is 1. The highest BCUT2D eigenvalue weighted by Crippen LogP contribution is 2.25. The fraction of sp³-hybridized carbons (Fsp3) is 0.190. The zero-order chi connectivity index (χ0) is 19.9. The molecule has 3 rings (SSSR count). The number of aromatic nitrogens is 1. The first-order chi connectivity index (χ1) is 13.5. The van der Waals surface area contributed by atoms with Crippen molar-refractivity contribution in [2.75, 3.05) is 17.7 Å². The molecule has 7 nitrogen and oxygen atoms in total. The van der Waals surface area contributed by atoms with Crippen LogP contribution in [0.5, 0.6) is 5.75 Å². The van der Waals surface area contributed by atoms with Gasteiger partial charge in [0.1, 0.15) is 5.75 Å². The molecule has 0 radical (unpaired) electrons. The van der Waals surface area contributed by atoms with Crippen molar-refractivity contribution in [3.63, 3.8) is 0 Å². The number of nitrogens with one attached hydrogen (secondary N) is 2. The van der Waals surface area contributed by atoms with Crippen molar-refractivity contribution < 1.29 is 18.7 Å². The molecule has 0 unspecified atom stereocenters. The first kappa shape index (κ1) is 19.2. The van der Waals surface area contributed by atoms with Crippen LogP contribution in [0.4, 0.5) is 11.4 Å². The second kappa shape index (κ2) is 8.85. The van der Waals surface area contributed by atoms with E-state index in [4.69, 9.17) is 9.15 Å². The molecular weight excluding hydrogens is 358 g/mol. The number of carbonyl (C=O) groups is 2. The van der Waals surface area contributed by atoms with Crippen LogP contribution in [0.1, 0.15) is 19.2 Å². The van der Waals surface area contributed by atoms with Crippen LogP contribution in [-0.2, 0) is 16.0 Å². The van der Waals surface area contributed by atoms with E-state index >= 15 is 0 Å². The highest BCUT2D eigenvalue weighted by Gasteiger charge is 2.10. The highest BCUT2D eigenvalue weighted by molar-refractivity contribution is 5.93. The number of rotatable bonds is 7. The van der Waals surface area contributed by atoms with Crippen molar-refractivity contribution in [1.29, 1.82) is 0 Å². The summed E-state index contributed by atoms with van der Waals surface area (Å²) in [7, 11) is 1.61. The lowest BCUT2D eigenvalue weighted by molar-refractivity contribution is -0.116. The summed E-state index contributed by atoms with van der Waals surface area (Å²) in [5.74, 6) is 1.51. The number of anilines is 2. The number of hydrogen-bond acceptors (Lipinski definition) is 5. The molecule has 0 saturated heterocycles. The number of benzene rings is 2. The van der Waals surface area contributed by atoms with E-state index in [1.54, 1.807) is 37.6 Å². The lowest BCUT2D eigenvalue weighted by Gasteiger charge is -2.07. The lowest BCUT2D eigenvalue weighted by Crippen LogP contribution is -2.13. The van der Waals surface area contributed by atoms with Crippen molar-refractivity contribution in [1.82, 2.24) is 4.98 Å². The maximum absolute atomic E-state index is 12.2. The summed E-state index contributed by atoms with van der Waals surface area (Å²) in [5.41, 5.74) is 2.10. The maximum atomic E-state index is 12.2. The molecule has 0 saturated carbocycles. The highest BCUT2D eigenvalue weighted by atomic mass is 16.5. The molecule has 0 aliphatic heterocycles. The van der Waals surface area contributed by atoms with Crippen molar-refractivity contribution in [2.45, 2.75) is 19.8 Å². The molecule has 0 spiro atoms. The molecule has 1 heterocycles. The van der Waals surface area contributed by atoms with Gasteiger partial charge in [0.05, 0.1) is 13.3 Å². The molecular formula is C21H21N3O4. The smallest absolute Gasteiger partial charge is 0.224 e. The van der Waals surface area contributed by atoms with Crippen LogP contribution in [0.2, 0.25) is 0 Å². The summed E-state index contributed by atoms with van der Waals surface area (Å²) in [6.07, 6.45) is 2.24. The number of carbonyl (C=O) groups excluding carboxylic acids is 2. The van der Waals surface area contributed by atoms with Crippen LogP contribution < -0.4 is 15.4 Å². The van der Waals surface area contributed by atoms with Gasteiger partial charge in [-0.2, -0.15) is 0 Å². The Balaban J connectivity index is 1.56. The van der Waals surface area contributed by atoms with E-state index in [2.05, 4.69) is 15.6 Å². The molecule has 0 bridgehead atoms. The van der Waals surface area contributed by atoms with Crippen LogP contribution >= 0.6 is 0 Å².